The Morgan fingerprint density at radius 2 is 2.18 bits per heavy atom. The average molecular weight is 243 g/mol. The van der Waals surface area contributed by atoms with Gasteiger partial charge < -0.3 is 15.8 Å². The second kappa shape index (κ2) is 7.63. The summed E-state index contributed by atoms with van der Waals surface area (Å²) in [7, 11) is 1.65. The number of amides is 1. The van der Waals surface area contributed by atoms with E-state index < -0.39 is 0 Å². The SMILES string of the molecule is CCC(COC)NC(=O)CN1CCC(N)CC1. The van der Waals surface area contributed by atoms with Crippen molar-refractivity contribution in [1.82, 2.24) is 10.2 Å². The number of likely N-dealkylation sites (tertiary alicyclic amines) is 1. The first kappa shape index (κ1) is 14.4. The molecule has 3 N–H and O–H groups in total. The van der Waals surface area contributed by atoms with Crippen molar-refractivity contribution in [2.75, 3.05) is 33.4 Å². The first-order valence-electron chi connectivity index (χ1n) is 6.42. The second-order valence-electron chi connectivity index (χ2n) is 4.74. The summed E-state index contributed by atoms with van der Waals surface area (Å²) in [5, 5.41) is 2.99. The lowest BCUT2D eigenvalue weighted by atomic mass is 10.1. The minimum absolute atomic E-state index is 0.0874. The molecule has 1 saturated heterocycles. The standard InChI is InChI=1S/C12H25N3O2/c1-3-11(9-17-2)14-12(16)8-15-6-4-10(13)5-7-15/h10-11H,3-9,13H2,1-2H3,(H,14,16). The zero-order valence-electron chi connectivity index (χ0n) is 10.9. The number of carbonyl (C=O) groups excluding carboxylic acids is 1. The molecular weight excluding hydrogens is 218 g/mol. The van der Waals surface area contributed by atoms with Crippen molar-refractivity contribution in [3.63, 3.8) is 0 Å². The highest BCUT2D eigenvalue weighted by Crippen LogP contribution is 2.07. The molecule has 100 valence electrons. The van der Waals surface area contributed by atoms with E-state index in [9.17, 15) is 4.79 Å². The summed E-state index contributed by atoms with van der Waals surface area (Å²) in [6.07, 6.45) is 2.87. The van der Waals surface area contributed by atoms with Crippen LogP contribution in [0.3, 0.4) is 0 Å². The molecule has 1 aliphatic rings. The zero-order valence-corrected chi connectivity index (χ0v) is 10.9. The minimum atomic E-state index is 0.0874. The number of ether oxygens (including phenoxy) is 1. The Bertz CT molecular complexity index is 228. The van der Waals surface area contributed by atoms with Crippen molar-refractivity contribution >= 4 is 5.91 Å². The predicted molar refractivity (Wildman–Crippen MR) is 67.7 cm³/mol. The average Bonchev–Trinajstić information content (AvgIpc) is 2.31. The summed E-state index contributed by atoms with van der Waals surface area (Å²) in [5.41, 5.74) is 5.83. The highest BCUT2D eigenvalue weighted by atomic mass is 16.5. The van der Waals surface area contributed by atoms with Crippen LogP contribution < -0.4 is 11.1 Å². The molecule has 5 nitrogen and oxygen atoms in total. The number of hydrogen-bond donors (Lipinski definition) is 2. The van der Waals surface area contributed by atoms with Gasteiger partial charge in [-0.25, -0.2) is 0 Å². The predicted octanol–water partition coefficient (Wildman–Crippen LogP) is -0.0493. The van der Waals surface area contributed by atoms with Crippen LogP contribution in [0.15, 0.2) is 0 Å². The number of methoxy groups -OCH3 is 1. The van der Waals surface area contributed by atoms with Crippen LogP contribution in [0, 0.1) is 0 Å². The number of nitrogens with one attached hydrogen (secondary N) is 1. The van der Waals surface area contributed by atoms with E-state index in [0.29, 0.717) is 19.2 Å². The summed E-state index contributed by atoms with van der Waals surface area (Å²) in [4.78, 5) is 14.0. The number of nitrogens with zero attached hydrogens (tertiary/aromatic N) is 1. The Hall–Kier alpha value is -0.650. The van der Waals surface area contributed by atoms with Gasteiger partial charge in [-0.05, 0) is 19.3 Å². The summed E-state index contributed by atoms with van der Waals surface area (Å²) in [6, 6.07) is 0.436. The molecule has 1 aliphatic heterocycles. The highest BCUT2D eigenvalue weighted by Gasteiger charge is 2.19. The van der Waals surface area contributed by atoms with E-state index in [4.69, 9.17) is 10.5 Å². The molecule has 0 bridgehead atoms. The Morgan fingerprint density at radius 3 is 2.71 bits per heavy atom. The van der Waals surface area contributed by atoms with E-state index in [-0.39, 0.29) is 11.9 Å². The van der Waals surface area contributed by atoms with E-state index in [1.807, 2.05) is 6.92 Å². The van der Waals surface area contributed by atoms with Crippen LogP contribution in [-0.2, 0) is 9.53 Å². The molecule has 1 rings (SSSR count). The fourth-order valence-electron chi connectivity index (χ4n) is 2.05. The van der Waals surface area contributed by atoms with Crippen LogP contribution in [0.25, 0.3) is 0 Å². The molecule has 0 aromatic rings. The van der Waals surface area contributed by atoms with Gasteiger partial charge in [-0.15, -0.1) is 0 Å². The number of piperidine rings is 1. The first-order valence-corrected chi connectivity index (χ1v) is 6.42. The molecule has 0 radical (unpaired) electrons. The normalized spacial score (nSPS) is 20.2. The monoisotopic (exact) mass is 243 g/mol. The zero-order chi connectivity index (χ0) is 12.7. The fourth-order valence-corrected chi connectivity index (χ4v) is 2.05. The lowest BCUT2D eigenvalue weighted by Gasteiger charge is -2.29. The van der Waals surface area contributed by atoms with Crippen molar-refractivity contribution in [3.05, 3.63) is 0 Å². The molecule has 1 atom stereocenters. The number of rotatable bonds is 6. The topological polar surface area (TPSA) is 67.6 Å². The van der Waals surface area contributed by atoms with Gasteiger partial charge in [0.2, 0.25) is 5.91 Å². The fraction of sp³-hybridized carbons (Fsp3) is 0.917. The van der Waals surface area contributed by atoms with Gasteiger partial charge in [0.1, 0.15) is 0 Å². The Balaban J connectivity index is 2.24. The Kier molecular flexibility index (Phi) is 6.47. The van der Waals surface area contributed by atoms with Gasteiger partial charge in [-0.1, -0.05) is 6.92 Å². The van der Waals surface area contributed by atoms with Crippen molar-refractivity contribution in [1.29, 1.82) is 0 Å². The molecule has 0 aromatic carbocycles. The van der Waals surface area contributed by atoms with Crippen molar-refractivity contribution in [2.45, 2.75) is 38.3 Å². The smallest absolute Gasteiger partial charge is 0.234 e. The van der Waals surface area contributed by atoms with Crippen LogP contribution in [0.4, 0.5) is 0 Å². The maximum absolute atomic E-state index is 11.8. The molecule has 0 saturated carbocycles. The van der Waals surface area contributed by atoms with E-state index in [1.165, 1.54) is 0 Å². The van der Waals surface area contributed by atoms with Crippen LogP contribution in [0.1, 0.15) is 26.2 Å². The maximum Gasteiger partial charge on any atom is 0.234 e. The number of nitrogens with two attached hydrogens (primary N) is 1. The van der Waals surface area contributed by atoms with Crippen molar-refractivity contribution < 1.29 is 9.53 Å². The van der Waals surface area contributed by atoms with Crippen molar-refractivity contribution in [3.8, 4) is 0 Å². The Morgan fingerprint density at radius 1 is 1.53 bits per heavy atom. The molecule has 5 heteroatoms. The van der Waals surface area contributed by atoms with Gasteiger partial charge in [-0.2, -0.15) is 0 Å². The molecular formula is C12H25N3O2. The number of carbonyl (C=O) groups is 1. The molecule has 1 fully saturated rings. The summed E-state index contributed by atoms with van der Waals surface area (Å²) >= 11 is 0. The third-order valence-corrected chi connectivity index (χ3v) is 3.23. The molecule has 17 heavy (non-hydrogen) atoms. The van der Waals surface area contributed by atoms with E-state index in [1.54, 1.807) is 7.11 Å². The van der Waals surface area contributed by atoms with E-state index in [2.05, 4.69) is 10.2 Å². The molecule has 0 aliphatic carbocycles. The molecule has 1 amide bonds. The van der Waals surface area contributed by atoms with Gasteiger partial charge in [0.05, 0.1) is 19.2 Å². The van der Waals surface area contributed by atoms with Gasteiger partial charge in [0, 0.05) is 26.2 Å². The van der Waals surface area contributed by atoms with Gasteiger partial charge in [0.25, 0.3) is 0 Å². The molecule has 0 spiro atoms. The third kappa shape index (κ3) is 5.48. The quantitative estimate of drug-likeness (QED) is 0.686. The summed E-state index contributed by atoms with van der Waals surface area (Å²) < 4.78 is 5.05. The minimum Gasteiger partial charge on any atom is -0.383 e. The lowest BCUT2D eigenvalue weighted by Crippen LogP contribution is -2.47. The van der Waals surface area contributed by atoms with E-state index >= 15 is 0 Å². The largest absolute Gasteiger partial charge is 0.383 e. The van der Waals surface area contributed by atoms with Crippen LogP contribution in [-0.4, -0.2) is 56.2 Å². The second-order valence-corrected chi connectivity index (χ2v) is 4.74. The summed E-state index contributed by atoms with van der Waals surface area (Å²) in [5.74, 6) is 0.0874. The molecule has 0 aromatic heterocycles. The Labute approximate surface area is 104 Å². The third-order valence-electron chi connectivity index (χ3n) is 3.23. The highest BCUT2D eigenvalue weighted by molar-refractivity contribution is 5.78. The van der Waals surface area contributed by atoms with Crippen LogP contribution in [0.2, 0.25) is 0 Å². The summed E-state index contributed by atoms with van der Waals surface area (Å²) in [6.45, 7) is 4.95. The molecule has 1 unspecified atom stereocenters. The molecule has 1 heterocycles. The number of hydrogen-bond acceptors (Lipinski definition) is 4. The van der Waals surface area contributed by atoms with Crippen molar-refractivity contribution in [2.24, 2.45) is 5.73 Å². The van der Waals surface area contributed by atoms with Gasteiger partial charge >= 0.3 is 0 Å². The van der Waals surface area contributed by atoms with Crippen LogP contribution >= 0.6 is 0 Å². The first-order chi connectivity index (χ1) is 8.15. The maximum atomic E-state index is 11.8. The van der Waals surface area contributed by atoms with E-state index in [0.717, 1.165) is 32.4 Å². The van der Waals surface area contributed by atoms with Crippen LogP contribution in [0.5, 0.6) is 0 Å². The lowest BCUT2D eigenvalue weighted by molar-refractivity contribution is -0.123. The van der Waals surface area contributed by atoms with Gasteiger partial charge in [0.15, 0.2) is 0 Å². The van der Waals surface area contributed by atoms with Gasteiger partial charge in [-0.3, -0.25) is 9.69 Å².